The molecular weight excluding hydrogens is 2300 g/mol. The van der Waals surface area contributed by atoms with Gasteiger partial charge in [-0.05, 0) is 140 Å². The van der Waals surface area contributed by atoms with E-state index in [-0.39, 0.29) is 0 Å². The molecule has 0 spiro atoms. The number of rotatable bonds is 32. The van der Waals surface area contributed by atoms with Crippen molar-refractivity contribution in [2.45, 2.75) is 135 Å². The Morgan fingerprint density at radius 3 is 0.300 bits per heavy atom. The van der Waals surface area contributed by atoms with Crippen LogP contribution in [0, 0.1) is 0 Å². The topological polar surface area (TPSA) is 111 Å². The summed E-state index contributed by atoms with van der Waals surface area (Å²) in [7, 11) is -35.8. The van der Waals surface area contributed by atoms with Gasteiger partial charge in [0.15, 0.2) is 0 Å². The molecule has 100 heavy (non-hydrogen) atoms. The van der Waals surface area contributed by atoms with Crippen molar-refractivity contribution in [1.82, 2.24) is 0 Å². The lowest BCUT2D eigenvalue weighted by Gasteiger charge is -2.63. The van der Waals surface area contributed by atoms with Crippen LogP contribution in [0.15, 0.2) is 194 Å². The third-order valence-corrected chi connectivity index (χ3v) is 62.7. The second-order valence-electron chi connectivity index (χ2n) is 26.3. The molecule has 6 aliphatic rings. The summed E-state index contributed by atoms with van der Waals surface area (Å²) in [5.41, 5.74) is 18.9. The van der Waals surface area contributed by atoms with E-state index in [0.717, 1.165) is 79.9 Å². The van der Waals surface area contributed by atoms with E-state index in [4.69, 9.17) is 49.4 Å². The van der Waals surface area contributed by atoms with E-state index in [1.807, 2.05) is 0 Å². The molecule has 6 fully saturated rings. The van der Waals surface area contributed by atoms with E-state index in [1.54, 1.807) is 0 Å². The average molecular weight is 2380 g/mol. The summed E-state index contributed by atoms with van der Waals surface area (Å²) in [5.74, 6) is 0. The zero-order valence-electron chi connectivity index (χ0n) is 55.4. The van der Waals surface area contributed by atoms with Gasteiger partial charge in [0.05, 0.1) is 0 Å². The lowest BCUT2D eigenvalue weighted by molar-refractivity contribution is -0.0304. The molecule has 528 valence electrons. The maximum atomic E-state index is 8.59. The van der Waals surface area contributed by atoms with E-state index in [2.05, 4.69) is 375 Å². The summed E-state index contributed by atoms with van der Waals surface area (Å²) >= 11 is 19.5. The van der Waals surface area contributed by atoms with Gasteiger partial charge in [0.2, 0.25) is 0 Å². The largest absolute Gasteiger partial charge is 0.479 e. The van der Waals surface area contributed by atoms with Crippen LogP contribution in [-0.4, -0.2) is 70.4 Å². The normalized spacial score (nSPS) is 26.8. The second-order valence-corrected chi connectivity index (χ2v) is 57.1. The minimum atomic E-state index is -4.47. The molecule has 8 aromatic carbocycles. The molecule has 8 aromatic rings. The summed E-state index contributed by atoms with van der Waals surface area (Å²) < 4.78 is 110. The minimum Gasteiger partial charge on any atom is -0.373 e. The van der Waals surface area contributed by atoms with Crippen LogP contribution in [0.3, 0.4) is 0 Å². The molecule has 14 rings (SSSR count). The first kappa shape index (κ1) is 79.0. The molecule has 0 radical (unpaired) electrons. The van der Waals surface area contributed by atoms with Crippen molar-refractivity contribution in [3.8, 4) is 0 Å². The minimum absolute atomic E-state index is 0.324. The monoisotopic (exact) mass is 2380 g/mol. The van der Waals surface area contributed by atoms with Gasteiger partial charge in [-0.15, -0.1) is 0 Å². The highest BCUT2D eigenvalue weighted by atomic mass is 127. The molecule has 0 aromatic heterocycles. The Labute approximate surface area is 708 Å². The van der Waals surface area contributed by atoms with Gasteiger partial charge in [-0.3, -0.25) is 0 Å². The molecule has 0 aliphatic carbocycles. The molecule has 0 unspecified atom stereocenters. The van der Waals surface area contributed by atoms with Crippen molar-refractivity contribution in [3.63, 3.8) is 0 Å². The molecule has 0 atom stereocenters. The Hall–Kier alpha value is 0.855. The second kappa shape index (κ2) is 35.9. The highest BCUT2D eigenvalue weighted by Crippen LogP contribution is 2.55. The van der Waals surface area contributed by atoms with Crippen molar-refractivity contribution in [3.05, 3.63) is 283 Å². The predicted molar refractivity (Wildman–Crippen MR) is 480 cm³/mol. The first-order valence-electron chi connectivity index (χ1n) is 34.1. The molecular formula is C72H80I8O12Si8. The molecule has 0 saturated carbocycles. The third-order valence-electron chi connectivity index (χ3n) is 18.9. The zero-order chi connectivity index (χ0) is 69.3. The number of halogens is 8. The van der Waals surface area contributed by atoms with Crippen LogP contribution in [-0.2, 0) is 136 Å². The molecule has 8 bridgehead atoms. The highest BCUT2D eigenvalue weighted by molar-refractivity contribution is 14.1. The Kier molecular flexibility index (Phi) is 28.4. The SMILES string of the molecule is ICc1ccc(CC[Si]23O[Si]4(CCc5ccc(CI)cc5)O[Si]5(CCc6ccc(CI)cc6)O[Si](CCc6ccc(CI)cc6)(O2)O[Si]2(CCc6ccc(CI)cc6)O[Si](CCc6ccc(CI)cc6)(O3)O[Si](CCc3ccc(CI)cc3)(O4)O[Si](CCc3ccc(CI)cc3)(O5)O2)cc1. The maximum absolute atomic E-state index is 8.59. The fraction of sp³-hybridized carbons (Fsp3) is 0.333. The molecule has 6 heterocycles. The van der Waals surface area contributed by atoms with Gasteiger partial charge >= 0.3 is 70.4 Å². The van der Waals surface area contributed by atoms with Gasteiger partial charge in [0.25, 0.3) is 0 Å². The Balaban J connectivity index is 1.09. The van der Waals surface area contributed by atoms with Crippen LogP contribution < -0.4 is 0 Å². The smallest absolute Gasteiger partial charge is 0.373 e. The standard InChI is InChI=1S/C72H80I8O12Si8/c73-49-65-17-1-57(2-18-65)33-41-93-81-94(42-34-58-3-19-66(50-74)20-4-58)84-97(45-37-61-9-25-69(53-77)26-10-61)86-95(82-93,43-35-59-5-21-67(51-75)22-6-59)88-99(47-39-63-13-29-71(55-79)30-14-63)89-96(83-93,44-36-60-7-23-68(52-76)24-8-60)87-98(85-94,46-38-62-11-27-70(54-78)28-12-62)91-100(90-97,92-99)48-40-64-15-31-72(56-80)32-16-64/h1-32H,33-56H2. The number of hydrogen-bond acceptors (Lipinski definition) is 12. The fourth-order valence-electron chi connectivity index (χ4n) is 13.3. The maximum Gasteiger partial charge on any atom is 0.479 e. The first-order chi connectivity index (χ1) is 48.6. The highest BCUT2D eigenvalue weighted by Gasteiger charge is 2.83. The number of aryl methyl sites for hydroxylation is 8. The lowest BCUT2D eigenvalue weighted by atomic mass is 10.1. The Morgan fingerprint density at radius 1 is 0.140 bits per heavy atom. The Bertz CT molecular complexity index is 3140. The average Bonchev–Trinajstić information content (AvgIpc) is 0.686. The van der Waals surface area contributed by atoms with Gasteiger partial charge in [0, 0.05) is 83.8 Å². The summed E-state index contributed by atoms with van der Waals surface area (Å²) in [4.78, 5) is 0. The van der Waals surface area contributed by atoms with Crippen LogP contribution in [0.25, 0.3) is 0 Å². The molecule has 28 heteroatoms. The summed E-state index contributed by atoms with van der Waals surface area (Å²) in [5, 5.41) is 0. The number of hydrogen-bond donors (Lipinski definition) is 0. The number of alkyl halides is 8. The van der Waals surface area contributed by atoms with E-state index in [9.17, 15) is 0 Å². The van der Waals surface area contributed by atoms with Crippen LogP contribution in [0.1, 0.15) is 89.0 Å². The van der Waals surface area contributed by atoms with Crippen LogP contribution >= 0.6 is 181 Å². The number of benzene rings is 8. The van der Waals surface area contributed by atoms with E-state index in [1.165, 1.54) is 44.5 Å². The van der Waals surface area contributed by atoms with Crippen molar-refractivity contribution < 1.29 is 49.4 Å². The lowest BCUT2D eigenvalue weighted by Crippen LogP contribution is -2.88. The van der Waals surface area contributed by atoms with Crippen molar-refractivity contribution in [2.24, 2.45) is 0 Å². The first-order valence-corrected chi connectivity index (χ1v) is 61.8. The van der Waals surface area contributed by atoms with Gasteiger partial charge in [0.1, 0.15) is 0 Å². The molecule has 6 aliphatic heterocycles. The van der Waals surface area contributed by atoms with Crippen molar-refractivity contribution >= 4 is 251 Å². The van der Waals surface area contributed by atoms with Gasteiger partial charge in [-0.1, -0.05) is 375 Å². The molecule has 0 N–H and O–H groups in total. The van der Waals surface area contributed by atoms with E-state index >= 15 is 0 Å². The van der Waals surface area contributed by atoms with Crippen LogP contribution in [0.5, 0.6) is 0 Å². The predicted octanol–water partition coefficient (Wildman–Crippen LogP) is 21.2. The molecule has 6 saturated heterocycles. The van der Waals surface area contributed by atoms with Crippen LogP contribution in [0.2, 0.25) is 48.4 Å². The fourth-order valence-corrected chi connectivity index (χ4v) is 67.7. The van der Waals surface area contributed by atoms with Gasteiger partial charge < -0.3 is 49.4 Å². The summed E-state index contributed by atoms with van der Waals surface area (Å²) in [6.45, 7) is 0. The van der Waals surface area contributed by atoms with Crippen molar-refractivity contribution in [1.29, 1.82) is 0 Å². The molecule has 0 amide bonds. The van der Waals surface area contributed by atoms with Crippen molar-refractivity contribution in [2.75, 3.05) is 0 Å². The van der Waals surface area contributed by atoms with Gasteiger partial charge in [-0.2, -0.15) is 0 Å². The zero-order valence-corrected chi connectivity index (χ0v) is 80.6. The van der Waals surface area contributed by atoms with Crippen LogP contribution in [0.4, 0.5) is 0 Å². The summed E-state index contributed by atoms with van der Waals surface area (Å²) in [6, 6.07) is 73.9. The third kappa shape index (κ3) is 20.1. The molecule has 12 nitrogen and oxygen atoms in total. The van der Waals surface area contributed by atoms with Gasteiger partial charge in [-0.25, -0.2) is 0 Å². The Morgan fingerprint density at radius 2 is 0.220 bits per heavy atom. The summed E-state index contributed by atoms with van der Waals surface area (Å²) in [6.07, 6.45) is 4.33. The van der Waals surface area contributed by atoms with E-state index in [0.29, 0.717) is 99.7 Å². The van der Waals surface area contributed by atoms with E-state index < -0.39 is 70.4 Å². The quantitative estimate of drug-likeness (QED) is 0.0227.